The number of nitrogens with zero attached hydrogens (tertiary/aromatic N) is 1. The van der Waals surface area contributed by atoms with Crippen LogP contribution in [0, 0.1) is 6.92 Å². The Kier molecular flexibility index (Phi) is 6.70. The molecule has 0 amide bonds. The molecule has 1 aromatic heterocycles. The Labute approximate surface area is 208 Å². The van der Waals surface area contributed by atoms with Gasteiger partial charge in [-0.05, 0) is 79.3 Å². The van der Waals surface area contributed by atoms with Crippen LogP contribution < -0.4 is 0 Å². The van der Waals surface area contributed by atoms with Crippen molar-refractivity contribution in [1.29, 1.82) is 0 Å². The van der Waals surface area contributed by atoms with Gasteiger partial charge in [0.15, 0.2) is 9.84 Å². The molecule has 0 aliphatic rings. The monoisotopic (exact) mass is 513 g/mol. The van der Waals surface area contributed by atoms with Crippen molar-refractivity contribution < 1.29 is 26.7 Å². The summed E-state index contributed by atoms with van der Waals surface area (Å²) in [6.45, 7) is 4.92. The number of para-hydroxylation sites is 1. The average Bonchev–Trinajstić information content (AvgIpc) is 2.81. The molecule has 3 aromatic carbocycles. The molecule has 4 rings (SSSR count). The van der Waals surface area contributed by atoms with Crippen LogP contribution in [0.4, 0.5) is 13.2 Å². The van der Waals surface area contributed by atoms with Gasteiger partial charge in [0.1, 0.15) is 0 Å². The second-order valence-corrected chi connectivity index (χ2v) is 11.6. The number of aromatic nitrogens is 1. The minimum absolute atomic E-state index is 0.101. The summed E-state index contributed by atoms with van der Waals surface area (Å²) in [5.41, 5.74) is 1.44. The van der Waals surface area contributed by atoms with E-state index in [1.54, 1.807) is 51.1 Å². The second kappa shape index (κ2) is 9.33. The largest absolute Gasteiger partial charge is 0.418 e. The van der Waals surface area contributed by atoms with E-state index in [0.29, 0.717) is 22.1 Å². The first-order chi connectivity index (χ1) is 16.8. The first kappa shape index (κ1) is 25.9. The molecule has 0 aliphatic heterocycles. The molecule has 36 heavy (non-hydrogen) atoms. The minimum atomic E-state index is -4.53. The number of hydrogen-bond donors (Lipinski definition) is 1. The van der Waals surface area contributed by atoms with E-state index in [4.69, 9.17) is 0 Å². The Morgan fingerprint density at radius 1 is 0.889 bits per heavy atom. The van der Waals surface area contributed by atoms with Crippen molar-refractivity contribution in [3.05, 3.63) is 84.1 Å². The van der Waals surface area contributed by atoms with Gasteiger partial charge in [0.25, 0.3) is 0 Å². The Bertz CT molecular complexity index is 1540. The number of hydrogen-bond acceptors (Lipinski definition) is 4. The van der Waals surface area contributed by atoms with E-state index < -0.39 is 27.2 Å². The molecule has 8 heteroatoms. The lowest BCUT2D eigenvalue weighted by Gasteiger charge is -2.17. The van der Waals surface area contributed by atoms with Gasteiger partial charge in [0, 0.05) is 11.6 Å². The summed E-state index contributed by atoms with van der Waals surface area (Å²) in [5, 5.41) is 10.3. The molecule has 0 unspecified atom stereocenters. The van der Waals surface area contributed by atoms with E-state index in [2.05, 4.69) is 4.98 Å². The lowest BCUT2D eigenvalue weighted by atomic mass is 9.93. The highest BCUT2D eigenvalue weighted by atomic mass is 32.2. The molecule has 0 spiro atoms. The van der Waals surface area contributed by atoms with Crippen LogP contribution in [-0.4, -0.2) is 29.9 Å². The van der Waals surface area contributed by atoms with Gasteiger partial charge in [-0.2, -0.15) is 13.2 Å². The fraction of sp³-hybridized carbons (Fsp3) is 0.250. The number of sulfone groups is 1. The molecule has 0 saturated carbocycles. The third kappa shape index (κ3) is 5.44. The smallest absolute Gasteiger partial charge is 0.390 e. The van der Waals surface area contributed by atoms with Crippen molar-refractivity contribution in [2.75, 3.05) is 5.75 Å². The highest BCUT2D eigenvalue weighted by Crippen LogP contribution is 2.39. The lowest BCUT2D eigenvalue weighted by molar-refractivity contribution is -0.136. The van der Waals surface area contributed by atoms with Crippen LogP contribution in [0.3, 0.4) is 0 Å². The Balaban J connectivity index is 1.79. The van der Waals surface area contributed by atoms with Crippen LogP contribution in [0.5, 0.6) is 0 Å². The SMILES string of the molecule is Cc1cnc2c(C(F)(F)F)cccc2c1-c1cccc(-c2cccc(S(=O)(=O)CCC(C)(C)O)c2)c1. The van der Waals surface area contributed by atoms with Gasteiger partial charge in [-0.15, -0.1) is 0 Å². The van der Waals surface area contributed by atoms with Crippen molar-refractivity contribution in [2.45, 2.75) is 43.9 Å². The van der Waals surface area contributed by atoms with Gasteiger partial charge in [0.05, 0.1) is 27.3 Å². The van der Waals surface area contributed by atoms with E-state index in [-0.39, 0.29) is 22.6 Å². The molecule has 0 aliphatic carbocycles. The molecule has 188 valence electrons. The zero-order valence-corrected chi connectivity index (χ0v) is 20.9. The predicted octanol–water partition coefficient (Wildman–Crippen LogP) is 6.83. The van der Waals surface area contributed by atoms with Crippen LogP contribution in [-0.2, 0) is 16.0 Å². The number of benzene rings is 3. The molecule has 0 radical (unpaired) electrons. The van der Waals surface area contributed by atoms with Crippen molar-refractivity contribution in [3.63, 3.8) is 0 Å². The first-order valence-electron chi connectivity index (χ1n) is 11.4. The molecule has 0 atom stereocenters. The maximum atomic E-state index is 13.6. The summed E-state index contributed by atoms with van der Waals surface area (Å²) in [7, 11) is -3.62. The molecule has 4 aromatic rings. The maximum Gasteiger partial charge on any atom is 0.418 e. The number of rotatable bonds is 6. The molecule has 0 bridgehead atoms. The first-order valence-corrected chi connectivity index (χ1v) is 13.0. The Morgan fingerprint density at radius 3 is 2.17 bits per heavy atom. The minimum Gasteiger partial charge on any atom is -0.390 e. The predicted molar refractivity (Wildman–Crippen MR) is 135 cm³/mol. The van der Waals surface area contributed by atoms with E-state index in [1.807, 2.05) is 18.2 Å². The van der Waals surface area contributed by atoms with Gasteiger partial charge in [-0.1, -0.05) is 42.5 Å². The van der Waals surface area contributed by atoms with Gasteiger partial charge in [-0.3, -0.25) is 4.98 Å². The van der Waals surface area contributed by atoms with Crippen LogP contribution >= 0.6 is 0 Å². The summed E-state index contributed by atoms with van der Waals surface area (Å²) in [6.07, 6.45) is -2.99. The van der Waals surface area contributed by atoms with Gasteiger partial charge >= 0.3 is 6.18 Å². The van der Waals surface area contributed by atoms with E-state index >= 15 is 0 Å². The summed E-state index contributed by atoms with van der Waals surface area (Å²) in [5.74, 6) is -0.191. The fourth-order valence-electron chi connectivity index (χ4n) is 4.16. The normalized spacial score (nSPS) is 12.8. The van der Waals surface area contributed by atoms with Crippen molar-refractivity contribution in [1.82, 2.24) is 4.98 Å². The summed E-state index contributed by atoms with van der Waals surface area (Å²) in [4.78, 5) is 4.23. The Morgan fingerprint density at radius 2 is 1.50 bits per heavy atom. The molecule has 0 saturated heterocycles. The van der Waals surface area contributed by atoms with Crippen LogP contribution in [0.25, 0.3) is 33.2 Å². The Hall–Kier alpha value is -3.23. The zero-order chi connectivity index (χ0) is 26.3. The number of halogens is 3. The topological polar surface area (TPSA) is 67.3 Å². The third-order valence-electron chi connectivity index (χ3n) is 6.05. The quantitative estimate of drug-likeness (QED) is 0.307. The lowest BCUT2D eigenvalue weighted by Crippen LogP contribution is -2.23. The fourth-order valence-corrected chi connectivity index (χ4v) is 5.76. The molecule has 1 heterocycles. The number of aliphatic hydroxyl groups is 1. The highest BCUT2D eigenvalue weighted by Gasteiger charge is 2.33. The maximum absolute atomic E-state index is 13.6. The summed E-state index contributed by atoms with van der Waals surface area (Å²) < 4.78 is 66.5. The van der Waals surface area contributed by atoms with Crippen molar-refractivity contribution >= 4 is 20.7 Å². The van der Waals surface area contributed by atoms with E-state index in [9.17, 15) is 26.7 Å². The number of fused-ring (bicyclic) bond motifs is 1. The average molecular weight is 514 g/mol. The molecular weight excluding hydrogens is 487 g/mol. The van der Waals surface area contributed by atoms with Crippen molar-refractivity contribution in [2.24, 2.45) is 0 Å². The van der Waals surface area contributed by atoms with Gasteiger partial charge in [-0.25, -0.2) is 8.42 Å². The molecule has 4 nitrogen and oxygen atoms in total. The summed E-state index contributed by atoms with van der Waals surface area (Å²) in [6, 6.07) is 17.8. The van der Waals surface area contributed by atoms with Crippen LogP contribution in [0.2, 0.25) is 0 Å². The third-order valence-corrected chi connectivity index (χ3v) is 7.77. The number of pyridine rings is 1. The molecule has 0 fully saturated rings. The highest BCUT2D eigenvalue weighted by molar-refractivity contribution is 7.91. The second-order valence-electron chi connectivity index (χ2n) is 9.51. The zero-order valence-electron chi connectivity index (χ0n) is 20.1. The standard InChI is InChI=1S/C28H26F3NO3S/c1-18-17-32-26-23(11-6-12-24(26)28(29,30)31)25(18)21-9-4-7-19(15-21)20-8-5-10-22(16-20)36(34,35)14-13-27(2,3)33/h4-12,15-17,33H,13-14H2,1-3H3. The van der Waals surface area contributed by atoms with Crippen LogP contribution in [0.15, 0.2) is 77.8 Å². The van der Waals surface area contributed by atoms with E-state index in [1.165, 1.54) is 18.3 Å². The van der Waals surface area contributed by atoms with Crippen LogP contribution in [0.1, 0.15) is 31.4 Å². The van der Waals surface area contributed by atoms with E-state index in [0.717, 1.165) is 17.2 Å². The van der Waals surface area contributed by atoms with Gasteiger partial charge < -0.3 is 5.11 Å². The molecular formula is C28H26F3NO3S. The summed E-state index contributed by atoms with van der Waals surface area (Å²) >= 11 is 0. The van der Waals surface area contributed by atoms with Crippen molar-refractivity contribution in [3.8, 4) is 22.3 Å². The number of alkyl halides is 3. The number of aryl methyl sites for hydroxylation is 1. The van der Waals surface area contributed by atoms with Gasteiger partial charge in [0.2, 0.25) is 0 Å². The molecule has 1 N–H and O–H groups in total.